The van der Waals surface area contributed by atoms with Crippen molar-refractivity contribution in [3.63, 3.8) is 0 Å². The van der Waals surface area contributed by atoms with Crippen molar-refractivity contribution in [3.05, 3.63) is 43.5 Å². The summed E-state index contributed by atoms with van der Waals surface area (Å²) < 4.78 is 0. The number of fused-ring (bicyclic) bond motifs is 1. The number of aryl methyl sites for hydroxylation is 2. The minimum absolute atomic E-state index is 0.00233. The van der Waals surface area contributed by atoms with Gasteiger partial charge in [-0.25, -0.2) is 9.97 Å². The van der Waals surface area contributed by atoms with Crippen molar-refractivity contribution in [2.75, 3.05) is 6.54 Å². The Bertz CT molecular complexity index is 661. The fraction of sp³-hybridized carbons (Fsp3) is 0.462. The highest BCUT2D eigenvalue weighted by Gasteiger charge is 2.21. The van der Waals surface area contributed by atoms with Gasteiger partial charge in [0.05, 0.1) is 17.8 Å². The van der Waals surface area contributed by atoms with Crippen LogP contribution in [0, 0.1) is 13.8 Å². The van der Waals surface area contributed by atoms with Gasteiger partial charge in [0.25, 0.3) is 5.56 Å². The van der Waals surface area contributed by atoms with Gasteiger partial charge in [0, 0.05) is 30.6 Å². The molecule has 19 heavy (non-hydrogen) atoms. The van der Waals surface area contributed by atoms with Gasteiger partial charge in [-0.15, -0.1) is 11.3 Å². The van der Waals surface area contributed by atoms with Gasteiger partial charge in [-0.2, -0.15) is 0 Å². The van der Waals surface area contributed by atoms with Crippen LogP contribution in [-0.2, 0) is 19.5 Å². The summed E-state index contributed by atoms with van der Waals surface area (Å²) in [4.78, 5) is 25.9. The number of thiazole rings is 1. The number of H-pyrrole nitrogens is 1. The van der Waals surface area contributed by atoms with Crippen molar-refractivity contribution < 1.29 is 0 Å². The maximum atomic E-state index is 12.0. The van der Waals surface area contributed by atoms with Crippen LogP contribution in [0.1, 0.15) is 27.8 Å². The lowest BCUT2D eigenvalue weighted by atomic mass is 10.1. The molecular formula is C13H16N4OS. The van der Waals surface area contributed by atoms with Gasteiger partial charge >= 0.3 is 0 Å². The van der Waals surface area contributed by atoms with Crippen molar-refractivity contribution in [3.8, 4) is 0 Å². The molecule has 0 bridgehead atoms. The molecule has 1 aliphatic rings. The molecule has 3 heterocycles. The Morgan fingerprint density at radius 2 is 2.26 bits per heavy atom. The molecule has 0 aromatic carbocycles. The summed E-state index contributed by atoms with van der Waals surface area (Å²) in [6.07, 6.45) is 0.838. The smallest absolute Gasteiger partial charge is 0.255 e. The molecule has 0 fully saturated rings. The van der Waals surface area contributed by atoms with E-state index >= 15 is 0 Å². The van der Waals surface area contributed by atoms with Crippen LogP contribution in [0.2, 0.25) is 0 Å². The number of aromatic amines is 1. The number of nitrogens with one attached hydrogen (secondary N) is 1. The molecule has 0 atom stereocenters. The van der Waals surface area contributed by atoms with Crippen LogP contribution in [-0.4, -0.2) is 26.4 Å². The minimum atomic E-state index is 0.00233. The molecule has 1 N–H and O–H groups in total. The lowest BCUT2D eigenvalue weighted by Crippen LogP contribution is -2.35. The molecule has 0 spiro atoms. The van der Waals surface area contributed by atoms with Crippen molar-refractivity contribution in [2.45, 2.75) is 33.4 Å². The Hall–Kier alpha value is -1.53. The molecule has 0 unspecified atom stereocenters. The first-order chi connectivity index (χ1) is 9.11. The maximum Gasteiger partial charge on any atom is 0.255 e. The van der Waals surface area contributed by atoms with Crippen molar-refractivity contribution in [1.29, 1.82) is 0 Å². The van der Waals surface area contributed by atoms with Gasteiger partial charge in [0.2, 0.25) is 0 Å². The van der Waals surface area contributed by atoms with Gasteiger partial charge < -0.3 is 4.98 Å². The zero-order chi connectivity index (χ0) is 13.4. The molecule has 0 aliphatic carbocycles. The highest BCUT2D eigenvalue weighted by Crippen LogP contribution is 2.18. The average Bonchev–Trinajstić information content (AvgIpc) is 2.75. The van der Waals surface area contributed by atoms with Gasteiger partial charge in [0.1, 0.15) is 10.8 Å². The molecule has 100 valence electrons. The van der Waals surface area contributed by atoms with Gasteiger partial charge in [-0.3, -0.25) is 9.69 Å². The Labute approximate surface area is 115 Å². The first kappa shape index (κ1) is 12.5. The minimum Gasteiger partial charge on any atom is -0.310 e. The van der Waals surface area contributed by atoms with Gasteiger partial charge in [-0.1, -0.05) is 0 Å². The second kappa shape index (κ2) is 4.86. The first-order valence-electron chi connectivity index (χ1n) is 6.34. The zero-order valence-corrected chi connectivity index (χ0v) is 11.9. The van der Waals surface area contributed by atoms with Crippen LogP contribution in [0.5, 0.6) is 0 Å². The highest BCUT2D eigenvalue weighted by atomic mass is 32.1. The molecule has 0 amide bonds. The van der Waals surface area contributed by atoms with Crippen molar-refractivity contribution >= 4 is 11.3 Å². The lowest BCUT2D eigenvalue weighted by molar-refractivity contribution is 0.241. The van der Waals surface area contributed by atoms with E-state index in [4.69, 9.17) is 0 Å². The van der Waals surface area contributed by atoms with Crippen LogP contribution in [0.25, 0.3) is 0 Å². The maximum absolute atomic E-state index is 12.0. The number of aromatic nitrogens is 3. The standard InChI is InChI=1S/C13H16N4OS/c1-8-7-19-12(14-8)6-17-4-3-11-10(5-17)13(18)16-9(2)15-11/h7H,3-6H2,1-2H3,(H,15,16,18). The van der Waals surface area contributed by atoms with E-state index in [-0.39, 0.29) is 5.56 Å². The third-order valence-corrected chi connectivity index (χ3v) is 4.24. The number of hydrogen-bond donors (Lipinski definition) is 1. The van der Waals surface area contributed by atoms with E-state index < -0.39 is 0 Å². The summed E-state index contributed by atoms with van der Waals surface area (Å²) in [6, 6.07) is 0. The van der Waals surface area contributed by atoms with E-state index in [0.717, 1.165) is 41.5 Å². The van der Waals surface area contributed by atoms with Crippen LogP contribution in [0.4, 0.5) is 0 Å². The molecule has 2 aromatic heterocycles. The summed E-state index contributed by atoms with van der Waals surface area (Å²) in [7, 11) is 0. The monoisotopic (exact) mass is 276 g/mol. The fourth-order valence-electron chi connectivity index (χ4n) is 2.41. The third-order valence-electron chi connectivity index (χ3n) is 3.29. The van der Waals surface area contributed by atoms with E-state index in [9.17, 15) is 4.79 Å². The fourth-order valence-corrected chi connectivity index (χ4v) is 3.22. The van der Waals surface area contributed by atoms with Crippen molar-refractivity contribution in [1.82, 2.24) is 19.9 Å². The Morgan fingerprint density at radius 3 is 3.00 bits per heavy atom. The van der Waals surface area contributed by atoms with Crippen molar-refractivity contribution in [2.24, 2.45) is 0 Å². The Balaban J connectivity index is 1.80. The second-order valence-electron chi connectivity index (χ2n) is 4.92. The molecule has 0 saturated heterocycles. The third kappa shape index (κ3) is 2.59. The average molecular weight is 276 g/mol. The van der Waals surface area contributed by atoms with E-state index in [1.807, 2.05) is 13.8 Å². The van der Waals surface area contributed by atoms with Crippen LogP contribution in [0.15, 0.2) is 10.2 Å². The summed E-state index contributed by atoms with van der Waals surface area (Å²) in [5.41, 5.74) is 2.83. The second-order valence-corrected chi connectivity index (χ2v) is 5.86. The van der Waals surface area contributed by atoms with Crippen LogP contribution in [0.3, 0.4) is 0 Å². The Morgan fingerprint density at radius 1 is 1.42 bits per heavy atom. The molecule has 6 heteroatoms. The molecular weight excluding hydrogens is 260 g/mol. The molecule has 2 aromatic rings. The lowest BCUT2D eigenvalue weighted by Gasteiger charge is -2.26. The van der Waals surface area contributed by atoms with Gasteiger partial charge in [0.15, 0.2) is 0 Å². The zero-order valence-electron chi connectivity index (χ0n) is 11.1. The Kier molecular flexibility index (Phi) is 3.20. The summed E-state index contributed by atoms with van der Waals surface area (Å²) >= 11 is 1.68. The topological polar surface area (TPSA) is 61.9 Å². The van der Waals surface area contributed by atoms with E-state index in [2.05, 4.69) is 25.2 Å². The molecule has 1 aliphatic heterocycles. The normalized spacial score (nSPS) is 15.5. The van der Waals surface area contributed by atoms with E-state index in [0.29, 0.717) is 12.4 Å². The number of nitrogens with zero attached hydrogens (tertiary/aromatic N) is 3. The predicted molar refractivity (Wildman–Crippen MR) is 74.3 cm³/mol. The molecule has 0 saturated carbocycles. The molecule has 3 rings (SSSR count). The van der Waals surface area contributed by atoms with Crippen LogP contribution >= 0.6 is 11.3 Å². The molecule has 5 nitrogen and oxygen atoms in total. The number of hydrogen-bond acceptors (Lipinski definition) is 5. The SMILES string of the molecule is Cc1csc(CN2CCc3nc(C)[nH]c(=O)c3C2)n1. The van der Waals surface area contributed by atoms with E-state index in [1.165, 1.54) is 0 Å². The number of rotatable bonds is 2. The summed E-state index contributed by atoms with van der Waals surface area (Å²) in [5.74, 6) is 0.702. The van der Waals surface area contributed by atoms with Crippen LogP contribution < -0.4 is 5.56 Å². The summed E-state index contributed by atoms with van der Waals surface area (Å²) in [6.45, 7) is 6.23. The largest absolute Gasteiger partial charge is 0.310 e. The quantitative estimate of drug-likeness (QED) is 0.900. The first-order valence-corrected chi connectivity index (χ1v) is 7.22. The summed E-state index contributed by atoms with van der Waals surface area (Å²) in [5, 5.41) is 3.17. The predicted octanol–water partition coefficient (Wildman–Crippen LogP) is 1.40. The highest BCUT2D eigenvalue weighted by molar-refractivity contribution is 7.09. The van der Waals surface area contributed by atoms with E-state index in [1.54, 1.807) is 11.3 Å². The van der Waals surface area contributed by atoms with Gasteiger partial charge in [-0.05, 0) is 13.8 Å². The molecule has 0 radical (unpaired) electrons.